The first-order valence-corrected chi connectivity index (χ1v) is 5.46. The Morgan fingerprint density at radius 3 is 2.59 bits per heavy atom. The van der Waals surface area contributed by atoms with E-state index in [4.69, 9.17) is 11.1 Å². The minimum Gasteiger partial charge on any atom is -0.399 e. The summed E-state index contributed by atoms with van der Waals surface area (Å²) in [7, 11) is 0. The van der Waals surface area contributed by atoms with Gasteiger partial charge in [0.15, 0.2) is 0 Å². The summed E-state index contributed by atoms with van der Waals surface area (Å²) in [4.78, 5) is 4.51. The van der Waals surface area contributed by atoms with Gasteiger partial charge >= 0.3 is 0 Å². The molecule has 1 aliphatic carbocycles. The van der Waals surface area contributed by atoms with Gasteiger partial charge in [0.05, 0.1) is 17.1 Å². The van der Waals surface area contributed by atoms with Gasteiger partial charge in [0.2, 0.25) is 0 Å². The molecular formula is C14H15N3. The third kappa shape index (κ3) is 2.50. The molecule has 0 radical (unpaired) electrons. The molecule has 0 saturated carbocycles. The summed E-state index contributed by atoms with van der Waals surface area (Å²) in [6.45, 7) is 3.88. The monoisotopic (exact) mass is 225 g/mol. The van der Waals surface area contributed by atoms with E-state index >= 15 is 0 Å². The number of anilines is 1. The van der Waals surface area contributed by atoms with E-state index in [0.29, 0.717) is 5.71 Å². The van der Waals surface area contributed by atoms with E-state index in [0.717, 1.165) is 28.2 Å². The minimum atomic E-state index is 0.539. The van der Waals surface area contributed by atoms with Crippen LogP contribution in [0, 0.1) is 12.3 Å². The molecule has 0 atom stereocenters. The van der Waals surface area contributed by atoms with Crippen LogP contribution in [0.2, 0.25) is 0 Å². The van der Waals surface area contributed by atoms with Crippen molar-refractivity contribution in [2.45, 2.75) is 13.8 Å². The maximum Gasteiger partial charge on any atom is 0.0641 e. The predicted octanol–water partition coefficient (Wildman–Crippen LogP) is 3.19. The summed E-state index contributed by atoms with van der Waals surface area (Å²) in [5.41, 5.74) is 10.8. The van der Waals surface area contributed by atoms with Gasteiger partial charge in [-0.15, -0.1) is 0 Å². The number of nitrogens with one attached hydrogen (secondary N) is 1. The molecule has 0 amide bonds. The number of hydrogen-bond donors (Lipinski definition) is 2. The van der Waals surface area contributed by atoms with Crippen LogP contribution in [0.1, 0.15) is 12.5 Å². The number of aliphatic imine (C=N–C) groups is 1. The van der Waals surface area contributed by atoms with Crippen molar-refractivity contribution in [3.05, 3.63) is 47.6 Å². The van der Waals surface area contributed by atoms with Crippen LogP contribution in [0.3, 0.4) is 0 Å². The molecule has 86 valence electrons. The lowest BCUT2D eigenvalue weighted by atomic mass is 10.0. The van der Waals surface area contributed by atoms with Crippen molar-refractivity contribution in [2.24, 2.45) is 4.99 Å². The number of nitrogens with two attached hydrogens (primary N) is 1. The molecule has 0 aliphatic heterocycles. The van der Waals surface area contributed by atoms with Crippen molar-refractivity contribution in [1.29, 1.82) is 5.41 Å². The average Bonchev–Trinajstić information content (AvgIpc) is 2.29. The highest BCUT2D eigenvalue weighted by molar-refractivity contribution is 6.20. The topological polar surface area (TPSA) is 62.2 Å². The van der Waals surface area contributed by atoms with Crippen LogP contribution in [0.5, 0.6) is 0 Å². The molecule has 1 aromatic rings. The lowest BCUT2D eigenvalue weighted by Gasteiger charge is -2.06. The van der Waals surface area contributed by atoms with Crippen LogP contribution in [0.4, 0.5) is 11.4 Å². The Hall–Kier alpha value is -2.16. The fourth-order valence-corrected chi connectivity index (χ4v) is 1.60. The van der Waals surface area contributed by atoms with E-state index in [9.17, 15) is 0 Å². The molecule has 0 bridgehead atoms. The molecular weight excluding hydrogens is 210 g/mol. The van der Waals surface area contributed by atoms with Crippen molar-refractivity contribution in [3.8, 4) is 0 Å². The van der Waals surface area contributed by atoms with E-state index in [1.807, 2.05) is 44.2 Å². The van der Waals surface area contributed by atoms with E-state index in [2.05, 4.69) is 4.99 Å². The van der Waals surface area contributed by atoms with Crippen LogP contribution < -0.4 is 5.73 Å². The highest BCUT2D eigenvalue weighted by Gasteiger charge is 2.04. The fraction of sp³-hybridized carbons (Fsp3) is 0.143. The van der Waals surface area contributed by atoms with Crippen molar-refractivity contribution in [1.82, 2.24) is 0 Å². The van der Waals surface area contributed by atoms with Crippen molar-refractivity contribution >= 4 is 22.8 Å². The molecule has 0 unspecified atom stereocenters. The highest BCUT2D eigenvalue weighted by atomic mass is 14.7. The smallest absolute Gasteiger partial charge is 0.0641 e. The zero-order chi connectivity index (χ0) is 12.4. The fourth-order valence-electron chi connectivity index (χ4n) is 1.60. The second-order valence-corrected chi connectivity index (χ2v) is 4.15. The van der Waals surface area contributed by atoms with Gasteiger partial charge in [-0.1, -0.05) is 0 Å². The maximum atomic E-state index is 7.60. The summed E-state index contributed by atoms with van der Waals surface area (Å²) in [6.07, 6.45) is 5.52. The van der Waals surface area contributed by atoms with Gasteiger partial charge in [0, 0.05) is 5.69 Å². The van der Waals surface area contributed by atoms with Gasteiger partial charge in [0.25, 0.3) is 0 Å². The average molecular weight is 225 g/mol. The van der Waals surface area contributed by atoms with Crippen LogP contribution in [0.15, 0.2) is 47.0 Å². The minimum absolute atomic E-state index is 0.539. The Morgan fingerprint density at radius 1 is 1.18 bits per heavy atom. The third-order valence-electron chi connectivity index (χ3n) is 2.72. The summed E-state index contributed by atoms with van der Waals surface area (Å²) in [5, 5.41) is 7.60. The maximum absolute atomic E-state index is 7.60. The third-order valence-corrected chi connectivity index (χ3v) is 2.72. The first-order valence-electron chi connectivity index (χ1n) is 5.46. The van der Waals surface area contributed by atoms with E-state index in [1.54, 1.807) is 6.08 Å². The quantitative estimate of drug-likeness (QED) is 0.559. The Kier molecular flexibility index (Phi) is 2.91. The molecule has 0 saturated heterocycles. The van der Waals surface area contributed by atoms with E-state index in [-0.39, 0.29) is 0 Å². The molecule has 0 fully saturated rings. The Morgan fingerprint density at radius 2 is 1.94 bits per heavy atom. The van der Waals surface area contributed by atoms with Gasteiger partial charge < -0.3 is 11.1 Å². The summed E-state index contributed by atoms with van der Waals surface area (Å²) < 4.78 is 0. The normalized spacial score (nSPS) is 17.4. The van der Waals surface area contributed by atoms with Crippen LogP contribution in [-0.2, 0) is 0 Å². The number of nitrogens with zero attached hydrogens (tertiary/aromatic N) is 1. The van der Waals surface area contributed by atoms with Crippen LogP contribution >= 0.6 is 0 Å². The first kappa shape index (κ1) is 11.3. The van der Waals surface area contributed by atoms with Crippen molar-refractivity contribution in [3.63, 3.8) is 0 Å². The zero-order valence-corrected chi connectivity index (χ0v) is 9.99. The van der Waals surface area contributed by atoms with Crippen LogP contribution in [0.25, 0.3) is 0 Å². The molecule has 1 aromatic carbocycles. The summed E-state index contributed by atoms with van der Waals surface area (Å²) in [5.74, 6) is 0. The number of aryl methyl sites for hydroxylation is 1. The predicted molar refractivity (Wildman–Crippen MR) is 73.3 cm³/mol. The molecule has 0 spiro atoms. The lowest BCUT2D eigenvalue weighted by molar-refractivity contribution is 1.42. The van der Waals surface area contributed by atoms with Gasteiger partial charge in [-0.05, 0) is 61.4 Å². The molecule has 0 heterocycles. The number of benzene rings is 1. The first-order chi connectivity index (χ1) is 8.06. The molecule has 1 aliphatic rings. The second-order valence-electron chi connectivity index (χ2n) is 4.15. The number of allylic oxidation sites excluding steroid dienone is 4. The van der Waals surface area contributed by atoms with Crippen molar-refractivity contribution in [2.75, 3.05) is 5.73 Å². The highest BCUT2D eigenvalue weighted by Crippen LogP contribution is 2.20. The Balaban J connectivity index is 2.34. The second kappa shape index (κ2) is 4.37. The number of hydrogen-bond acceptors (Lipinski definition) is 3. The van der Waals surface area contributed by atoms with Gasteiger partial charge in [-0.2, -0.15) is 0 Å². The van der Waals surface area contributed by atoms with Crippen molar-refractivity contribution < 1.29 is 0 Å². The van der Waals surface area contributed by atoms with Gasteiger partial charge in [-0.3, -0.25) is 0 Å². The van der Waals surface area contributed by atoms with E-state index in [1.165, 1.54) is 0 Å². The molecule has 0 aromatic heterocycles. The standard InChI is InChI=1S/C14H15N3/c1-9-7-11(3-5-13(9)15)17-12-4-6-14(16)10(2)8-12/h3-8,15H,16H2,1-2H3/b15-13?,17-11+. The van der Waals surface area contributed by atoms with Gasteiger partial charge in [-0.25, -0.2) is 4.99 Å². The zero-order valence-electron chi connectivity index (χ0n) is 9.99. The number of nitrogen functional groups attached to an aromatic ring is 1. The molecule has 3 N–H and O–H groups in total. The lowest BCUT2D eigenvalue weighted by Crippen LogP contribution is -2.04. The Bertz CT molecular complexity index is 563. The molecule has 3 heteroatoms. The van der Waals surface area contributed by atoms with Gasteiger partial charge in [0.1, 0.15) is 0 Å². The SMILES string of the molecule is CC1=C/C(=N/c2ccc(N)c(C)c2)C=CC1=N. The number of rotatable bonds is 1. The summed E-state index contributed by atoms with van der Waals surface area (Å²) >= 11 is 0. The van der Waals surface area contributed by atoms with Crippen LogP contribution in [-0.4, -0.2) is 11.4 Å². The summed E-state index contributed by atoms with van der Waals surface area (Å²) in [6, 6.07) is 5.71. The largest absolute Gasteiger partial charge is 0.399 e. The molecule has 3 nitrogen and oxygen atoms in total. The van der Waals surface area contributed by atoms with E-state index < -0.39 is 0 Å². The Labute approximate surface area is 101 Å². The molecule has 2 rings (SSSR count). The molecule has 17 heavy (non-hydrogen) atoms.